The van der Waals surface area contributed by atoms with E-state index in [0.29, 0.717) is 31.0 Å². The Balaban J connectivity index is 1.23. The fraction of sp³-hybridized carbons (Fsp3) is 0.462. The molecular weight excluding hydrogens is 448 g/mol. The number of piperidine rings is 1. The minimum Gasteiger partial charge on any atom is -0.489 e. The molecule has 3 heterocycles. The Labute approximate surface area is 204 Å². The van der Waals surface area contributed by atoms with Gasteiger partial charge in [0.2, 0.25) is 17.7 Å². The average molecular weight is 479 g/mol. The van der Waals surface area contributed by atoms with E-state index in [1.165, 1.54) is 0 Å². The lowest BCUT2D eigenvalue weighted by atomic mass is 9.92. The summed E-state index contributed by atoms with van der Waals surface area (Å²) in [7, 11) is 1.60. The lowest BCUT2D eigenvalue weighted by molar-refractivity contribution is -0.136. The van der Waals surface area contributed by atoms with Crippen molar-refractivity contribution >= 4 is 17.7 Å². The van der Waals surface area contributed by atoms with Crippen LogP contribution in [-0.4, -0.2) is 52.9 Å². The van der Waals surface area contributed by atoms with Crippen LogP contribution in [0.25, 0.3) is 0 Å². The van der Waals surface area contributed by atoms with Crippen molar-refractivity contribution in [2.45, 2.75) is 69.8 Å². The van der Waals surface area contributed by atoms with Crippen LogP contribution in [0, 0.1) is 0 Å². The first kappa shape index (κ1) is 23.3. The van der Waals surface area contributed by atoms with Crippen molar-refractivity contribution in [1.29, 1.82) is 0 Å². The molecule has 1 unspecified atom stereocenters. The molecule has 1 aromatic heterocycles. The second kappa shape index (κ2) is 10.0. The number of hydrogen-bond donors (Lipinski definition) is 2. The van der Waals surface area contributed by atoms with Crippen LogP contribution in [0.15, 0.2) is 36.5 Å². The monoisotopic (exact) mass is 478 g/mol. The smallest absolute Gasteiger partial charge is 0.255 e. The lowest BCUT2D eigenvalue weighted by Crippen LogP contribution is -2.52. The van der Waals surface area contributed by atoms with Crippen LogP contribution >= 0.6 is 0 Å². The number of aromatic nitrogens is 1. The molecule has 1 aliphatic carbocycles. The largest absolute Gasteiger partial charge is 0.489 e. The number of amides is 3. The third-order valence-electron chi connectivity index (χ3n) is 7.06. The molecule has 0 bridgehead atoms. The van der Waals surface area contributed by atoms with Crippen molar-refractivity contribution in [2.75, 3.05) is 7.11 Å². The molecule has 0 radical (unpaired) electrons. The van der Waals surface area contributed by atoms with Crippen LogP contribution in [0.5, 0.6) is 11.6 Å². The number of hydrogen-bond acceptors (Lipinski definition) is 7. The molecule has 9 heteroatoms. The van der Waals surface area contributed by atoms with Gasteiger partial charge in [-0.25, -0.2) is 4.98 Å². The van der Waals surface area contributed by atoms with Gasteiger partial charge in [-0.2, -0.15) is 0 Å². The fourth-order valence-corrected chi connectivity index (χ4v) is 5.16. The zero-order valence-corrected chi connectivity index (χ0v) is 19.8. The molecule has 1 saturated carbocycles. The molecule has 2 aromatic rings. The fourth-order valence-electron chi connectivity index (χ4n) is 5.16. The third-order valence-corrected chi connectivity index (χ3v) is 7.06. The van der Waals surface area contributed by atoms with E-state index < -0.39 is 11.9 Å². The van der Waals surface area contributed by atoms with Crippen LogP contribution in [-0.2, 0) is 22.7 Å². The summed E-state index contributed by atoms with van der Waals surface area (Å²) in [6.07, 6.45) is 6.68. The highest BCUT2D eigenvalue weighted by molar-refractivity contribution is 6.05. The van der Waals surface area contributed by atoms with Gasteiger partial charge in [-0.15, -0.1) is 0 Å². The molecule has 3 atom stereocenters. The highest BCUT2D eigenvalue weighted by Crippen LogP contribution is 2.32. The molecule has 3 aliphatic rings. The zero-order chi connectivity index (χ0) is 24.4. The molecular formula is C26H30N4O5. The van der Waals surface area contributed by atoms with E-state index in [1.807, 2.05) is 30.5 Å². The molecule has 0 spiro atoms. The summed E-state index contributed by atoms with van der Waals surface area (Å²) >= 11 is 0. The number of fused-ring (bicyclic) bond motifs is 1. The summed E-state index contributed by atoms with van der Waals surface area (Å²) in [6.45, 7) is 1.04. The van der Waals surface area contributed by atoms with E-state index in [0.717, 1.165) is 42.6 Å². The summed E-state index contributed by atoms with van der Waals surface area (Å²) in [5, 5.41) is 5.96. The first-order valence-corrected chi connectivity index (χ1v) is 12.2. The van der Waals surface area contributed by atoms with Gasteiger partial charge in [0.05, 0.1) is 7.11 Å². The Morgan fingerprint density at radius 2 is 1.97 bits per heavy atom. The quantitative estimate of drug-likeness (QED) is 0.588. The van der Waals surface area contributed by atoms with Crippen LogP contribution in [0.1, 0.15) is 60.0 Å². The summed E-state index contributed by atoms with van der Waals surface area (Å²) < 4.78 is 11.5. The topological polar surface area (TPSA) is 110 Å². The molecule has 1 aromatic carbocycles. The van der Waals surface area contributed by atoms with Gasteiger partial charge in [0.15, 0.2) is 0 Å². The first-order valence-electron chi connectivity index (χ1n) is 12.2. The maximum absolute atomic E-state index is 12.9. The van der Waals surface area contributed by atoms with Gasteiger partial charge in [-0.3, -0.25) is 19.7 Å². The van der Waals surface area contributed by atoms with E-state index in [-0.39, 0.29) is 30.4 Å². The van der Waals surface area contributed by atoms with E-state index in [2.05, 4.69) is 15.6 Å². The Hall–Kier alpha value is -3.46. The number of nitrogens with zero attached hydrogens (tertiary/aromatic N) is 2. The van der Waals surface area contributed by atoms with Crippen molar-refractivity contribution in [3.05, 3.63) is 53.2 Å². The minimum atomic E-state index is -0.615. The Bertz CT molecular complexity index is 1120. The van der Waals surface area contributed by atoms with E-state index in [9.17, 15) is 14.4 Å². The number of carbonyl (C=O) groups excluding carboxylic acids is 3. The predicted molar refractivity (Wildman–Crippen MR) is 127 cm³/mol. The standard InChI is InChI=1S/C26H30N4O5/c1-34-24-11-6-16(14-28-24)13-27-20-4-2-3-5-22(20)35-18-7-8-19-17(12-18)15-30(26(19)33)21-9-10-23(31)29-25(21)32/h6-8,11-12,14,20-22,27H,2-5,9-10,13,15H2,1H3,(H,29,31,32)/t20-,21?,22+/m1/s1. The second-order valence-corrected chi connectivity index (χ2v) is 9.36. The average Bonchev–Trinajstić information content (AvgIpc) is 3.19. The first-order chi connectivity index (χ1) is 17.0. The van der Waals surface area contributed by atoms with Crippen LogP contribution in [0.4, 0.5) is 0 Å². The van der Waals surface area contributed by atoms with Crippen molar-refractivity contribution in [3.63, 3.8) is 0 Å². The SMILES string of the molecule is COc1ccc(CN[C@@H]2CCCC[C@@H]2Oc2ccc3c(c2)CN(C2CCC(=O)NC2=O)C3=O)cn1. The molecule has 2 N–H and O–H groups in total. The zero-order valence-electron chi connectivity index (χ0n) is 19.8. The van der Waals surface area contributed by atoms with Crippen molar-refractivity contribution in [2.24, 2.45) is 0 Å². The number of benzene rings is 1. The normalized spacial score (nSPS) is 24.2. The summed E-state index contributed by atoms with van der Waals surface area (Å²) in [4.78, 5) is 42.5. The maximum atomic E-state index is 12.9. The lowest BCUT2D eigenvalue weighted by Gasteiger charge is -2.32. The number of imide groups is 1. The Kier molecular flexibility index (Phi) is 6.68. The van der Waals surface area contributed by atoms with Gasteiger partial charge in [-0.1, -0.05) is 12.5 Å². The number of methoxy groups -OCH3 is 1. The highest BCUT2D eigenvalue weighted by atomic mass is 16.5. The molecule has 1 saturated heterocycles. The molecule has 184 valence electrons. The molecule has 2 fully saturated rings. The molecule has 5 rings (SSSR count). The minimum absolute atomic E-state index is 0.0244. The van der Waals surface area contributed by atoms with Crippen LogP contribution in [0.3, 0.4) is 0 Å². The van der Waals surface area contributed by atoms with Gasteiger partial charge in [0, 0.05) is 43.4 Å². The van der Waals surface area contributed by atoms with E-state index in [4.69, 9.17) is 9.47 Å². The van der Waals surface area contributed by atoms with Gasteiger partial charge in [0.1, 0.15) is 17.9 Å². The third kappa shape index (κ3) is 5.00. The van der Waals surface area contributed by atoms with Crippen molar-refractivity contribution in [1.82, 2.24) is 20.5 Å². The van der Waals surface area contributed by atoms with Gasteiger partial charge < -0.3 is 19.7 Å². The molecule has 2 aliphatic heterocycles. The van der Waals surface area contributed by atoms with Gasteiger partial charge in [-0.05, 0) is 55.0 Å². The summed E-state index contributed by atoms with van der Waals surface area (Å²) in [5.41, 5.74) is 2.52. The number of nitrogens with one attached hydrogen (secondary N) is 2. The highest BCUT2D eigenvalue weighted by Gasteiger charge is 2.39. The molecule has 9 nitrogen and oxygen atoms in total. The van der Waals surface area contributed by atoms with Crippen molar-refractivity contribution in [3.8, 4) is 11.6 Å². The number of carbonyl (C=O) groups is 3. The summed E-state index contributed by atoms with van der Waals surface area (Å²) in [6, 6.07) is 8.99. The van der Waals surface area contributed by atoms with Crippen LogP contribution in [0.2, 0.25) is 0 Å². The van der Waals surface area contributed by atoms with E-state index >= 15 is 0 Å². The predicted octanol–water partition coefficient (Wildman–Crippen LogP) is 2.33. The maximum Gasteiger partial charge on any atom is 0.255 e. The number of rotatable bonds is 7. The Morgan fingerprint density at radius 3 is 2.74 bits per heavy atom. The summed E-state index contributed by atoms with van der Waals surface area (Å²) in [5.74, 6) is 0.462. The molecule has 3 amide bonds. The number of ether oxygens (including phenoxy) is 2. The van der Waals surface area contributed by atoms with Gasteiger partial charge >= 0.3 is 0 Å². The Morgan fingerprint density at radius 1 is 1.11 bits per heavy atom. The number of pyridine rings is 1. The second-order valence-electron chi connectivity index (χ2n) is 9.36. The van der Waals surface area contributed by atoms with Crippen molar-refractivity contribution < 1.29 is 23.9 Å². The van der Waals surface area contributed by atoms with Crippen LogP contribution < -0.4 is 20.1 Å². The van der Waals surface area contributed by atoms with E-state index in [1.54, 1.807) is 18.1 Å². The molecule has 35 heavy (non-hydrogen) atoms. The van der Waals surface area contributed by atoms with Gasteiger partial charge in [0.25, 0.3) is 5.91 Å².